The second-order valence-corrected chi connectivity index (χ2v) is 5.20. The van der Waals surface area contributed by atoms with Gasteiger partial charge in [0.25, 0.3) is 0 Å². The van der Waals surface area contributed by atoms with Crippen molar-refractivity contribution in [1.29, 1.82) is 0 Å². The van der Waals surface area contributed by atoms with E-state index in [0.29, 0.717) is 11.3 Å². The van der Waals surface area contributed by atoms with E-state index in [2.05, 4.69) is 26.2 Å². The molecule has 0 spiro atoms. The van der Waals surface area contributed by atoms with Crippen molar-refractivity contribution in [3.63, 3.8) is 0 Å². The van der Waals surface area contributed by atoms with Gasteiger partial charge in [0, 0.05) is 29.3 Å². The molecule has 0 saturated heterocycles. The molecule has 2 aromatic rings. The minimum absolute atomic E-state index is 0. The lowest BCUT2D eigenvalue weighted by Crippen LogP contribution is -2.05. The number of ketones is 1. The largest absolute Gasteiger partial charge is 0.309 e. The summed E-state index contributed by atoms with van der Waals surface area (Å²) in [7, 11) is 0. The van der Waals surface area contributed by atoms with Crippen LogP contribution in [-0.2, 0) is 13.1 Å². The number of hydrogen-bond acceptors (Lipinski definition) is 3. The molecule has 0 radical (unpaired) electrons. The summed E-state index contributed by atoms with van der Waals surface area (Å²) in [5.74, 6) is -0.0361. The van der Waals surface area contributed by atoms with E-state index in [4.69, 9.17) is 0 Å². The molecule has 1 aliphatic rings. The molecule has 1 N–H and O–H groups in total. The predicted molar refractivity (Wildman–Crippen MR) is 79.6 cm³/mol. The van der Waals surface area contributed by atoms with Gasteiger partial charge in [-0.2, -0.15) is 0 Å². The Kier molecular flexibility index (Phi) is 4.34. The van der Waals surface area contributed by atoms with Gasteiger partial charge < -0.3 is 5.32 Å². The lowest BCUT2D eigenvalue weighted by Gasteiger charge is -2.03. The van der Waals surface area contributed by atoms with Crippen LogP contribution < -0.4 is 5.32 Å². The Hall–Kier alpha value is -1.23. The lowest BCUT2D eigenvalue weighted by atomic mass is 10.1. The van der Waals surface area contributed by atoms with Crippen molar-refractivity contribution >= 4 is 34.1 Å². The van der Waals surface area contributed by atoms with Crippen molar-refractivity contribution in [1.82, 2.24) is 10.3 Å². The van der Waals surface area contributed by atoms with E-state index in [9.17, 15) is 4.79 Å². The number of carbonyl (C=O) groups is 1. The number of nitrogens with zero attached hydrogens (tertiary/aromatic N) is 1. The average molecular weight is 340 g/mol. The number of halogens is 2. The van der Waals surface area contributed by atoms with Gasteiger partial charge in [-0.05, 0) is 29.3 Å². The molecule has 0 unspecified atom stereocenters. The Balaban J connectivity index is 0.00000133. The topological polar surface area (TPSA) is 42.0 Å². The van der Waals surface area contributed by atoms with Gasteiger partial charge >= 0.3 is 0 Å². The Labute approximate surface area is 126 Å². The van der Waals surface area contributed by atoms with Gasteiger partial charge in [-0.3, -0.25) is 9.78 Å². The number of rotatable bonds is 2. The van der Waals surface area contributed by atoms with Crippen LogP contribution in [0.4, 0.5) is 0 Å². The molecule has 1 aliphatic heterocycles. The molecule has 19 heavy (non-hydrogen) atoms. The third-order valence-corrected chi connectivity index (χ3v) is 3.53. The van der Waals surface area contributed by atoms with Crippen LogP contribution in [-0.4, -0.2) is 10.8 Å². The smallest absolute Gasteiger partial charge is 0.211 e. The molecule has 0 atom stereocenters. The molecule has 0 aliphatic carbocycles. The van der Waals surface area contributed by atoms with Gasteiger partial charge in [0.1, 0.15) is 5.69 Å². The highest BCUT2D eigenvalue weighted by Crippen LogP contribution is 2.18. The molecule has 2 heterocycles. The van der Waals surface area contributed by atoms with Crippen LogP contribution in [0, 0.1) is 0 Å². The highest BCUT2D eigenvalue weighted by Gasteiger charge is 2.16. The molecule has 98 valence electrons. The molecule has 1 aromatic heterocycles. The average Bonchev–Trinajstić information content (AvgIpc) is 2.85. The summed E-state index contributed by atoms with van der Waals surface area (Å²) in [4.78, 5) is 16.5. The second-order valence-electron chi connectivity index (χ2n) is 4.28. The molecule has 0 saturated carbocycles. The molecule has 3 nitrogen and oxygen atoms in total. The summed E-state index contributed by atoms with van der Waals surface area (Å²) in [6.07, 6.45) is 1.79. The summed E-state index contributed by atoms with van der Waals surface area (Å²) >= 11 is 3.37. The van der Waals surface area contributed by atoms with E-state index >= 15 is 0 Å². The number of hydrogen-bond donors (Lipinski definition) is 1. The SMILES string of the molecule is Cl.O=C(c1cccc(Br)c1)c1cc2c(cn1)CNC2. The van der Waals surface area contributed by atoms with Crippen molar-refractivity contribution in [3.05, 3.63) is 63.4 Å². The summed E-state index contributed by atoms with van der Waals surface area (Å²) in [5.41, 5.74) is 3.52. The Bertz CT molecular complexity index is 631. The third kappa shape index (κ3) is 2.86. The monoisotopic (exact) mass is 338 g/mol. The van der Waals surface area contributed by atoms with Gasteiger partial charge in [-0.25, -0.2) is 0 Å². The van der Waals surface area contributed by atoms with E-state index in [0.717, 1.165) is 17.6 Å². The van der Waals surface area contributed by atoms with E-state index < -0.39 is 0 Å². The number of pyridine rings is 1. The van der Waals surface area contributed by atoms with Gasteiger partial charge in [0.15, 0.2) is 0 Å². The molecule has 0 fully saturated rings. The molecular formula is C14H12BrClN2O. The second kappa shape index (κ2) is 5.82. The van der Waals surface area contributed by atoms with Crippen molar-refractivity contribution < 1.29 is 4.79 Å². The minimum atomic E-state index is -0.0361. The minimum Gasteiger partial charge on any atom is -0.309 e. The third-order valence-electron chi connectivity index (χ3n) is 3.03. The number of aromatic nitrogens is 1. The van der Waals surface area contributed by atoms with E-state index in [1.165, 1.54) is 11.1 Å². The van der Waals surface area contributed by atoms with Crippen LogP contribution in [0.2, 0.25) is 0 Å². The first kappa shape index (κ1) is 14.2. The number of fused-ring (bicyclic) bond motifs is 1. The van der Waals surface area contributed by atoms with Crippen LogP contribution in [0.25, 0.3) is 0 Å². The molecule has 1 aromatic carbocycles. The number of nitrogens with one attached hydrogen (secondary N) is 1. The molecule has 0 amide bonds. The zero-order valence-electron chi connectivity index (χ0n) is 10.0. The van der Waals surface area contributed by atoms with E-state index in [-0.39, 0.29) is 18.2 Å². The fourth-order valence-electron chi connectivity index (χ4n) is 2.08. The van der Waals surface area contributed by atoms with Crippen LogP contribution in [0.5, 0.6) is 0 Å². The fourth-order valence-corrected chi connectivity index (χ4v) is 2.48. The fraction of sp³-hybridized carbons (Fsp3) is 0.143. The van der Waals surface area contributed by atoms with Crippen molar-refractivity contribution in [2.45, 2.75) is 13.1 Å². The zero-order chi connectivity index (χ0) is 12.5. The Morgan fingerprint density at radius 1 is 1.21 bits per heavy atom. The summed E-state index contributed by atoms with van der Waals surface area (Å²) in [6.45, 7) is 1.66. The maximum Gasteiger partial charge on any atom is 0.211 e. The standard InChI is InChI=1S/C14H11BrN2O.ClH/c15-12-3-1-2-9(4-12)14(18)13-5-10-6-16-7-11(10)8-17-13;/h1-5,8,16H,6-7H2;1H. The highest BCUT2D eigenvalue weighted by molar-refractivity contribution is 9.10. The molecule has 5 heteroatoms. The Morgan fingerprint density at radius 3 is 2.79 bits per heavy atom. The molecular weight excluding hydrogens is 328 g/mol. The first-order chi connectivity index (χ1) is 8.74. The van der Waals surface area contributed by atoms with Crippen LogP contribution in [0.3, 0.4) is 0 Å². The first-order valence-electron chi connectivity index (χ1n) is 5.73. The lowest BCUT2D eigenvalue weighted by molar-refractivity contribution is 0.103. The summed E-state index contributed by atoms with van der Waals surface area (Å²) in [5, 5.41) is 3.24. The van der Waals surface area contributed by atoms with E-state index in [1.54, 1.807) is 12.3 Å². The first-order valence-corrected chi connectivity index (χ1v) is 6.52. The maximum absolute atomic E-state index is 12.3. The number of benzene rings is 1. The van der Waals surface area contributed by atoms with Gasteiger partial charge in [-0.1, -0.05) is 28.1 Å². The van der Waals surface area contributed by atoms with Crippen LogP contribution in [0.15, 0.2) is 41.0 Å². The Morgan fingerprint density at radius 2 is 2.00 bits per heavy atom. The van der Waals surface area contributed by atoms with E-state index in [1.807, 2.05) is 24.3 Å². The van der Waals surface area contributed by atoms with Gasteiger partial charge in [0.05, 0.1) is 0 Å². The maximum atomic E-state index is 12.3. The zero-order valence-corrected chi connectivity index (χ0v) is 12.4. The molecule has 3 rings (SSSR count). The van der Waals surface area contributed by atoms with Crippen LogP contribution >= 0.6 is 28.3 Å². The summed E-state index contributed by atoms with van der Waals surface area (Å²) in [6, 6.07) is 9.26. The van der Waals surface area contributed by atoms with Crippen molar-refractivity contribution in [2.75, 3.05) is 0 Å². The number of carbonyl (C=O) groups excluding carboxylic acids is 1. The molecule has 0 bridgehead atoms. The van der Waals surface area contributed by atoms with Gasteiger partial charge in [-0.15, -0.1) is 12.4 Å². The highest BCUT2D eigenvalue weighted by atomic mass is 79.9. The van der Waals surface area contributed by atoms with Crippen molar-refractivity contribution in [3.8, 4) is 0 Å². The van der Waals surface area contributed by atoms with Gasteiger partial charge in [0.2, 0.25) is 5.78 Å². The quantitative estimate of drug-likeness (QED) is 0.855. The van der Waals surface area contributed by atoms with Crippen LogP contribution in [0.1, 0.15) is 27.2 Å². The van der Waals surface area contributed by atoms with Crippen molar-refractivity contribution in [2.24, 2.45) is 0 Å². The summed E-state index contributed by atoms with van der Waals surface area (Å²) < 4.78 is 0.899. The predicted octanol–water partition coefficient (Wildman–Crippen LogP) is 3.10. The normalized spacial score (nSPS) is 12.7.